The Hall–Kier alpha value is -2.81. The van der Waals surface area contributed by atoms with Crippen LogP contribution in [0.15, 0.2) is 47.8 Å². The quantitative estimate of drug-likeness (QED) is 0.273. The molecule has 1 atom stereocenters. The van der Waals surface area contributed by atoms with Crippen molar-refractivity contribution >= 4 is 5.57 Å². The summed E-state index contributed by atoms with van der Waals surface area (Å²) in [5, 5.41) is 0. The average Bonchev–Trinajstić information content (AvgIpc) is 2.81. The molecule has 2 aromatic rings. The number of alkyl halides is 4. The van der Waals surface area contributed by atoms with Crippen molar-refractivity contribution in [1.29, 1.82) is 0 Å². The number of halogens is 7. The highest BCUT2D eigenvalue weighted by Gasteiger charge is 2.67. The first-order chi connectivity index (χ1) is 16.9. The van der Waals surface area contributed by atoms with Crippen LogP contribution in [0.5, 0.6) is 5.75 Å². The van der Waals surface area contributed by atoms with E-state index in [2.05, 4.69) is 0 Å². The van der Waals surface area contributed by atoms with E-state index in [0.717, 1.165) is 30.7 Å². The summed E-state index contributed by atoms with van der Waals surface area (Å²) in [7, 11) is 0. The minimum absolute atomic E-state index is 0.0318. The van der Waals surface area contributed by atoms with Crippen LogP contribution in [0.1, 0.15) is 51.2 Å². The Morgan fingerprint density at radius 1 is 0.917 bits per heavy atom. The molecule has 194 valence electrons. The first-order valence-electron chi connectivity index (χ1n) is 11.7. The fraction of sp³-hybridized carbons (Fsp3) is 0.407. The van der Waals surface area contributed by atoms with Gasteiger partial charge in [0.2, 0.25) is 0 Å². The number of benzene rings is 2. The Morgan fingerprint density at radius 2 is 1.61 bits per heavy atom. The SMILES string of the molecule is CCCCOc1ccc(-c2ccc3c(c2F)C(F)(F)C(F)(F)C2=C(F)C(C)(OCC)CC=C23)cc1F. The van der Waals surface area contributed by atoms with E-state index >= 15 is 26.3 Å². The summed E-state index contributed by atoms with van der Waals surface area (Å²) >= 11 is 0. The van der Waals surface area contributed by atoms with E-state index in [1.54, 1.807) is 0 Å². The van der Waals surface area contributed by atoms with Gasteiger partial charge in [-0.25, -0.2) is 13.2 Å². The highest BCUT2D eigenvalue weighted by atomic mass is 19.3. The van der Waals surface area contributed by atoms with E-state index in [1.165, 1.54) is 26.0 Å². The number of hydrogen-bond acceptors (Lipinski definition) is 2. The largest absolute Gasteiger partial charge is 0.491 e. The number of allylic oxidation sites excluding steroid dienone is 2. The van der Waals surface area contributed by atoms with Gasteiger partial charge in [-0.15, -0.1) is 0 Å². The normalized spacial score (nSPS) is 22.1. The molecule has 0 spiro atoms. The van der Waals surface area contributed by atoms with Crippen LogP contribution in [-0.2, 0) is 10.7 Å². The van der Waals surface area contributed by atoms with Crippen LogP contribution in [0.25, 0.3) is 16.7 Å². The Labute approximate surface area is 204 Å². The van der Waals surface area contributed by atoms with Gasteiger partial charge in [-0.1, -0.05) is 37.6 Å². The fourth-order valence-electron chi connectivity index (χ4n) is 4.62. The van der Waals surface area contributed by atoms with Gasteiger partial charge in [0.05, 0.1) is 17.7 Å². The summed E-state index contributed by atoms with van der Waals surface area (Å²) in [5.41, 5.74) is -6.59. The molecule has 0 fully saturated rings. The Morgan fingerprint density at radius 3 is 2.25 bits per heavy atom. The van der Waals surface area contributed by atoms with E-state index in [1.807, 2.05) is 6.92 Å². The van der Waals surface area contributed by atoms with Gasteiger partial charge in [0, 0.05) is 18.6 Å². The molecule has 0 N–H and O–H groups in total. The zero-order valence-corrected chi connectivity index (χ0v) is 20.0. The van der Waals surface area contributed by atoms with Crippen molar-refractivity contribution in [2.24, 2.45) is 0 Å². The molecule has 2 nitrogen and oxygen atoms in total. The van der Waals surface area contributed by atoms with E-state index in [0.29, 0.717) is 6.42 Å². The zero-order valence-electron chi connectivity index (χ0n) is 20.0. The standard InChI is InChI=1S/C27H25F7O2/c1-4-6-13-35-20-10-7-15(14-19(20)28)16-8-9-17-18-11-12-25(3,36-5-2)24(30)22(18)27(33,34)26(31,32)21(17)23(16)29/h7-11,14H,4-6,12-13H2,1-3H3. The van der Waals surface area contributed by atoms with Crippen LogP contribution in [0.4, 0.5) is 30.7 Å². The predicted octanol–water partition coefficient (Wildman–Crippen LogP) is 8.36. The lowest BCUT2D eigenvalue weighted by atomic mass is 9.72. The molecule has 0 amide bonds. The molecule has 0 bridgehead atoms. The molecule has 0 aliphatic heterocycles. The second-order valence-electron chi connectivity index (χ2n) is 9.02. The Bertz CT molecular complexity index is 1250. The molecule has 0 saturated heterocycles. The molecule has 2 aromatic carbocycles. The van der Waals surface area contributed by atoms with Crippen molar-refractivity contribution < 1.29 is 40.2 Å². The monoisotopic (exact) mass is 514 g/mol. The van der Waals surface area contributed by atoms with Gasteiger partial charge >= 0.3 is 11.8 Å². The van der Waals surface area contributed by atoms with Gasteiger partial charge in [-0.05, 0) is 49.1 Å². The minimum atomic E-state index is -5.08. The average molecular weight is 514 g/mol. The summed E-state index contributed by atoms with van der Waals surface area (Å²) in [6.45, 7) is 4.87. The number of rotatable bonds is 7. The molecule has 4 rings (SSSR count). The van der Waals surface area contributed by atoms with Crippen molar-refractivity contribution in [3.8, 4) is 16.9 Å². The first kappa shape index (κ1) is 26.3. The number of unbranched alkanes of at least 4 members (excludes halogenated alkanes) is 1. The van der Waals surface area contributed by atoms with Crippen molar-refractivity contribution in [1.82, 2.24) is 0 Å². The van der Waals surface area contributed by atoms with Crippen molar-refractivity contribution in [2.45, 2.75) is 57.5 Å². The highest BCUT2D eigenvalue weighted by Crippen LogP contribution is 2.61. The molecular weight excluding hydrogens is 489 g/mol. The predicted molar refractivity (Wildman–Crippen MR) is 122 cm³/mol. The van der Waals surface area contributed by atoms with Crippen molar-refractivity contribution in [3.63, 3.8) is 0 Å². The summed E-state index contributed by atoms with van der Waals surface area (Å²) in [5.74, 6) is -14.2. The fourth-order valence-corrected chi connectivity index (χ4v) is 4.62. The summed E-state index contributed by atoms with van der Waals surface area (Å²) in [4.78, 5) is 0. The van der Waals surface area contributed by atoms with Gasteiger partial charge in [0.25, 0.3) is 0 Å². The van der Waals surface area contributed by atoms with Gasteiger partial charge in [-0.2, -0.15) is 17.6 Å². The maximum Gasteiger partial charge on any atom is 0.343 e. The number of fused-ring (bicyclic) bond motifs is 3. The third-order valence-electron chi connectivity index (χ3n) is 6.56. The molecule has 36 heavy (non-hydrogen) atoms. The van der Waals surface area contributed by atoms with Crippen LogP contribution >= 0.6 is 0 Å². The molecule has 0 saturated carbocycles. The third-order valence-corrected chi connectivity index (χ3v) is 6.56. The molecular formula is C27H25F7O2. The number of ether oxygens (including phenoxy) is 2. The maximum atomic E-state index is 15.6. The molecule has 9 heteroatoms. The molecule has 0 radical (unpaired) electrons. The lowest BCUT2D eigenvalue weighted by Gasteiger charge is -2.42. The minimum Gasteiger partial charge on any atom is -0.491 e. The lowest BCUT2D eigenvalue weighted by Crippen LogP contribution is -2.48. The van der Waals surface area contributed by atoms with Crippen molar-refractivity contribution in [3.05, 3.63) is 70.6 Å². The smallest absolute Gasteiger partial charge is 0.343 e. The van der Waals surface area contributed by atoms with Crippen LogP contribution in [0, 0.1) is 11.6 Å². The zero-order chi connectivity index (χ0) is 26.5. The van der Waals surface area contributed by atoms with Crippen molar-refractivity contribution in [2.75, 3.05) is 13.2 Å². The summed E-state index contributed by atoms with van der Waals surface area (Å²) < 4.78 is 117. The maximum absolute atomic E-state index is 15.6. The van der Waals surface area contributed by atoms with Gasteiger partial charge in [-0.3, -0.25) is 0 Å². The Kier molecular flexibility index (Phi) is 6.75. The second-order valence-corrected chi connectivity index (χ2v) is 9.02. The third kappa shape index (κ3) is 3.92. The van der Waals surface area contributed by atoms with Crippen LogP contribution < -0.4 is 4.74 Å². The van der Waals surface area contributed by atoms with E-state index < -0.39 is 62.7 Å². The summed E-state index contributed by atoms with van der Waals surface area (Å²) in [6, 6.07) is 5.49. The number of hydrogen-bond donors (Lipinski definition) is 0. The Balaban J connectivity index is 1.85. The van der Waals surface area contributed by atoms with Gasteiger partial charge < -0.3 is 9.47 Å². The van der Waals surface area contributed by atoms with Gasteiger partial charge in [0.15, 0.2) is 11.6 Å². The summed E-state index contributed by atoms with van der Waals surface area (Å²) in [6.07, 6.45) is 2.46. The second kappa shape index (κ2) is 9.25. The topological polar surface area (TPSA) is 18.5 Å². The van der Waals surface area contributed by atoms with Crippen LogP contribution in [-0.4, -0.2) is 24.7 Å². The molecule has 0 heterocycles. The molecule has 2 aliphatic rings. The van der Waals surface area contributed by atoms with E-state index in [-0.39, 0.29) is 30.9 Å². The highest BCUT2D eigenvalue weighted by molar-refractivity contribution is 5.89. The van der Waals surface area contributed by atoms with E-state index in [9.17, 15) is 4.39 Å². The lowest BCUT2D eigenvalue weighted by molar-refractivity contribution is -0.197. The van der Waals surface area contributed by atoms with E-state index in [4.69, 9.17) is 9.47 Å². The first-order valence-corrected chi connectivity index (χ1v) is 11.7. The molecule has 0 aromatic heterocycles. The van der Waals surface area contributed by atoms with Crippen LogP contribution in [0.3, 0.4) is 0 Å². The van der Waals surface area contributed by atoms with Gasteiger partial charge in [0.1, 0.15) is 17.2 Å². The molecule has 1 unspecified atom stereocenters. The molecule has 2 aliphatic carbocycles. The van der Waals surface area contributed by atoms with Crippen LogP contribution in [0.2, 0.25) is 0 Å².